The summed E-state index contributed by atoms with van der Waals surface area (Å²) in [5, 5.41) is 10.3. The number of urea groups is 1. The fourth-order valence-electron chi connectivity index (χ4n) is 2.85. The summed E-state index contributed by atoms with van der Waals surface area (Å²) in [6.07, 6.45) is 0.973. The molecule has 8 heteroatoms. The van der Waals surface area contributed by atoms with Crippen LogP contribution in [0, 0.1) is 6.92 Å². The molecule has 2 saturated heterocycles. The lowest BCUT2D eigenvalue weighted by Crippen LogP contribution is -2.54. The van der Waals surface area contributed by atoms with Crippen LogP contribution in [0.25, 0.3) is 0 Å². The Morgan fingerprint density at radius 1 is 1.17 bits per heavy atom. The van der Waals surface area contributed by atoms with Crippen LogP contribution in [0.15, 0.2) is 24.3 Å². The van der Waals surface area contributed by atoms with Gasteiger partial charge in [0.15, 0.2) is 0 Å². The van der Waals surface area contributed by atoms with Crippen LogP contribution in [-0.2, 0) is 4.79 Å². The molecule has 2 aliphatic rings. The molecule has 2 unspecified atom stereocenters. The number of amides is 4. The molecule has 8 nitrogen and oxygen atoms in total. The number of hydrazine groups is 1. The average molecular weight is 317 g/mol. The molecule has 2 fully saturated rings. The van der Waals surface area contributed by atoms with Crippen molar-refractivity contribution in [2.24, 2.45) is 0 Å². The largest absolute Gasteiger partial charge is 0.344 e. The first-order valence-electron chi connectivity index (χ1n) is 7.28. The van der Waals surface area contributed by atoms with Crippen molar-refractivity contribution in [2.75, 3.05) is 6.54 Å². The summed E-state index contributed by atoms with van der Waals surface area (Å²) in [4.78, 5) is 37.3. The van der Waals surface area contributed by atoms with Crippen LogP contribution in [0.1, 0.15) is 28.8 Å². The second kappa shape index (κ2) is 5.88. The van der Waals surface area contributed by atoms with E-state index in [-0.39, 0.29) is 6.04 Å². The summed E-state index contributed by atoms with van der Waals surface area (Å²) in [5.41, 5.74) is 5.83. The number of benzene rings is 1. The van der Waals surface area contributed by atoms with E-state index in [0.29, 0.717) is 30.0 Å². The molecular formula is C15H17N4O4. The van der Waals surface area contributed by atoms with Gasteiger partial charge in [0.05, 0.1) is 6.04 Å². The van der Waals surface area contributed by atoms with Crippen LogP contribution in [0.3, 0.4) is 0 Å². The number of nitrogens with zero attached hydrogens (tertiary/aromatic N) is 2. The van der Waals surface area contributed by atoms with Crippen molar-refractivity contribution in [3.8, 4) is 0 Å². The molecule has 0 aliphatic carbocycles. The minimum atomic E-state index is -0.696. The Morgan fingerprint density at radius 2 is 1.87 bits per heavy atom. The molecule has 4 amide bonds. The number of nitrogens with one attached hydrogen (secondary N) is 2. The molecule has 121 valence electrons. The van der Waals surface area contributed by atoms with Crippen molar-refractivity contribution in [1.82, 2.24) is 20.8 Å². The quantitative estimate of drug-likeness (QED) is 0.539. The molecule has 2 atom stereocenters. The third-order valence-electron chi connectivity index (χ3n) is 4.16. The van der Waals surface area contributed by atoms with E-state index >= 15 is 0 Å². The van der Waals surface area contributed by atoms with Gasteiger partial charge >= 0.3 is 6.03 Å². The number of carbonyl (C=O) groups is 3. The highest BCUT2D eigenvalue weighted by atomic mass is 16.5. The number of piperidine rings is 1. The molecular weight excluding hydrogens is 300 g/mol. The summed E-state index contributed by atoms with van der Waals surface area (Å²) >= 11 is 0. The second-order valence-corrected chi connectivity index (χ2v) is 5.67. The minimum Gasteiger partial charge on any atom is -0.309 e. The Kier molecular flexibility index (Phi) is 3.91. The molecule has 0 spiro atoms. The van der Waals surface area contributed by atoms with E-state index in [1.807, 2.05) is 0 Å². The molecule has 23 heavy (non-hydrogen) atoms. The number of carbonyl (C=O) groups excluding carboxylic acids is 3. The van der Waals surface area contributed by atoms with Crippen LogP contribution in [0.2, 0.25) is 0 Å². The van der Waals surface area contributed by atoms with Gasteiger partial charge in [-0.15, -0.1) is 0 Å². The van der Waals surface area contributed by atoms with E-state index in [9.17, 15) is 19.6 Å². The first-order valence-corrected chi connectivity index (χ1v) is 7.28. The molecule has 3 N–H and O–H groups in total. The molecule has 2 bridgehead atoms. The summed E-state index contributed by atoms with van der Waals surface area (Å²) in [6.45, 7) is 4.04. The standard InChI is InChI=1S/C15H17N4O4/c1-9-2-4-10(5-3-9)13(20)16-17-14(21)12-7-6-11-8-18(12)15(22)19(11)23/h2-5,11-12,23H,1,6-8H2,(H,16,20)(H,17,21). The summed E-state index contributed by atoms with van der Waals surface area (Å²) < 4.78 is 0. The van der Waals surface area contributed by atoms with E-state index in [2.05, 4.69) is 17.8 Å². The Morgan fingerprint density at radius 3 is 2.57 bits per heavy atom. The Labute approximate surface area is 133 Å². The zero-order valence-corrected chi connectivity index (χ0v) is 12.4. The fraction of sp³-hybridized carbons (Fsp3) is 0.333. The molecule has 3 rings (SSSR count). The van der Waals surface area contributed by atoms with Gasteiger partial charge in [-0.3, -0.25) is 25.6 Å². The van der Waals surface area contributed by atoms with Gasteiger partial charge in [0.1, 0.15) is 6.04 Å². The summed E-state index contributed by atoms with van der Waals surface area (Å²) in [5.74, 6) is -0.933. The van der Waals surface area contributed by atoms with Crippen molar-refractivity contribution in [1.29, 1.82) is 0 Å². The number of rotatable bonds is 2. The lowest BCUT2D eigenvalue weighted by molar-refractivity contribution is -0.126. The normalized spacial score (nSPS) is 23.0. The maximum Gasteiger partial charge on any atom is 0.344 e. The summed E-state index contributed by atoms with van der Waals surface area (Å²) in [7, 11) is 0. The first-order chi connectivity index (χ1) is 11.0. The van der Waals surface area contributed by atoms with E-state index in [0.717, 1.165) is 5.56 Å². The molecule has 0 saturated carbocycles. The molecule has 2 aliphatic heterocycles. The van der Waals surface area contributed by atoms with Crippen LogP contribution in [-0.4, -0.2) is 51.6 Å². The van der Waals surface area contributed by atoms with Crippen LogP contribution in [0.5, 0.6) is 0 Å². The van der Waals surface area contributed by atoms with Crippen molar-refractivity contribution < 1.29 is 19.6 Å². The van der Waals surface area contributed by atoms with E-state index in [1.165, 1.54) is 4.90 Å². The van der Waals surface area contributed by atoms with E-state index in [4.69, 9.17) is 0 Å². The first kappa shape index (κ1) is 15.3. The maximum atomic E-state index is 12.2. The van der Waals surface area contributed by atoms with Gasteiger partial charge < -0.3 is 4.90 Å². The molecule has 1 aromatic rings. The van der Waals surface area contributed by atoms with Crippen LogP contribution < -0.4 is 10.9 Å². The minimum absolute atomic E-state index is 0.262. The van der Waals surface area contributed by atoms with Crippen LogP contribution in [0.4, 0.5) is 4.79 Å². The van der Waals surface area contributed by atoms with Gasteiger partial charge in [-0.05, 0) is 37.5 Å². The van der Waals surface area contributed by atoms with Gasteiger partial charge in [0, 0.05) is 12.1 Å². The summed E-state index contributed by atoms with van der Waals surface area (Å²) in [6, 6.07) is 5.05. The number of hydrogen-bond donors (Lipinski definition) is 3. The number of fused-ring (bicyclic) bond motifs is 2. The van der Waals surface area contributed by atoms with Gasteiger partial charge in [0.25, 0.3) is 11.8 Å². The highest BCUT2D eigenvalue weighted by molar-refractivity contribution is 5.96. The third kappa shape index (κ3) is 2.85. The molecule has 1 radical (unpaired) electrons. The third-order valence-corrected chi connectivity index (χ3v) is 4.16. The van der Waals surface area contributed by atoms with Gasteiger partial charge in [-0.25, -0.2) is 9.86 Å². The molecule has 0 aromatic heterocycles. The molecule has 1 aromatic carbocycles. The highest BCUT2D eigenvalue weighted by Crippen LogP contribution is 2.28. The zero-order chi connectivity index (χ0) is 16.6. The monoisotopic (exact) mass is 317 g/mol. The lowest BCUT2D eigenvalue weighted by Gasteiger charge is -2.29. The number of hydrogen-bond acceptors (Lipinski definition) is 4. The van der Waals surface area contributed by atoms with E-state index in [1.54, 1.807) is 24.3 Å². The van der Waals surface area contributed by atoms with Crippen molar-refractivity contribution >= 4 is 17.8 Å². The lowest BCUT2D eigenvalue weighted by atomic mass is 10.0. The average Bonchev–Trinajstić information content (AvgIpc) is 2.77. The number of hydroxylamine groups is 2. The fourth-order valence-corrected chi connectivity index (χ4v) is 2.85. The predicted molar refractivity (Wildman–Crippen MR) is 79.0 cm³/mol. The van der Waals surface area contributed by atoms with Crippen molar-refractivity contribution in [2.45, 2.75) is 24.9 Å². The smallest absolute Gasteiger partial charge is 0.309 e. The topological polar surface area (TPSA) is 102 Å². The van der Waals surface area contributed by atoms with E-state index < -0.39 is 23.9 Å². The predicted octanol–water partition coefficient (Wildman–Crippen LogP) is 0.288. The van der Waals surface area contributed by atoms with Gasteiger partial charge in [0.2, 0.25) is 0 Å². The Balaban J connectivity index is 1.58. The van der Waals surface area contributed by atoms with Crippen LogP contribution >= 0.6 is 0 Å². The highest BCUT2D eigenvalue weighted by Gasteiger charge is 2.46. The zero-order valence-electron chi connectivity index (χ0n) is 12.4. The Bertz CT molecular complexity index is 645. The maximum absolute atomic E-state index is 12.2. The second-order valence-electron chi connectivity index (χ2n) is 5.67. The van der Waals surface area contributed by atoms with Crippen molar-refractivity contribution in [3.05, 3.63) is 42.3 Å². The van der Waals surface area contributed by atoms with Gasteiger partial charge in [-0.2, -0.15) is 0 Å². The Hall–Kier alpha value is -2.61. The van der Waals surface area contributed by atoms with Gasteiger partial charge in [-0.1, -0.05) is 12.1 Å². The molecule has 2 heterocycles. The van der Waals surface area contributed by atoms with Crippen molar-refractivity contribution in [3.63, 3.8) is 0 Å². The SMILES string of the molecule is [CH2]c1ccc(C(=O)NNC(=O)C2CCC3CN2C(=O)N3O)cc1.